The Kier molecular flexibility index (Phi) is 7.75. The van der Waals surface area contributed by atoms with E-state index in [9.17, 15) is 0 Å². The summed E-state index contributed by atoms with van der Waals surface area (Å²) in [5, 5.41) is 5.80. The molecule has 59 heavy (non-hydrogen) atoms. The van der Waals surface area contributed by atoms with Crippen LogP contribution in [0.4, 0.5) is 17.1 Å². The van der Waals surface area contributed by atoms with Gasteiger partial charge in [0.05, 0.1) is 33.6 Å². The lowest BCUT2D eigenvalue weighted by Crippen LogP contribution is -2.14. The zero-order chi connectivity index (χ0) is 38.9. The molecule has 0 radical (unpaired) electrons. The second-order valence-electron chi connectivity index (χ2n) is 15.0. The first-order valence-corrected chi connectivity index (χ1v) is 20.7. The molecule has 0 fully saturated rings. The average molecular weight is 771 g/mol. The van der Waals surface area contributed by atoms with Gasteiger partial charge in [0.25, 0.3) is 0 Å². The third kappa shape index (κ3) is 5.47. The second-order valence-corrected chi connectivity index (χ2v) is 16.1. The van der Waals surface area contributed by atoms with E-state index in [-0.39, 0.29) is 0 Å². The summed E-state index contributed by atoms with van der Waals surface area (Å²) in [6.45, 7) is 0. The SMILES string of the molecule is c1ccc(-c2ccc(-c3nc(-n4c5cccc(-c6ccc7c(c6)Sc6ccccc6N7c6ccccc6)c5c5c6ccccc6ccc54)nc4ccccc34)cc2)cc1. The molecule has 1 aliphatic rings. The van der Waals surface area contributed by atoms with Gasteiger partial charge in [0.15, 0.2) is 0 Å². The minimum Gasteiger partial charge on any atom is -0.308 e. The Hall–Kier alpha value is -7.47. The molecule has 9 aromatic carbocycles. The standard InChI is InChI=1S/C54H34N4S/c1-3-14-35(15-4-1)36-26-28-38(29-27-36)53-43-20-9-10-22-44(43)55-54(56-53)58-47-24-13-21-42(52(47)51-41-19-8-7-16-37(41)30-33-48(51)58)39-31-32-46-50(34-39)59-49-25-12-11-23-45(49)57(46)40-17-5-2-6-18-40/h1-34H. The maximum Gasteiger partial charge on any atom is 0.235 e. The molecular weight excluding hydrogens is 737 g/mol. The second kappa shape index (κ2) is 13.6. The topological polar surface area (TPSA) is 34.0 Å². The molecule has 11 aromatic rings. The molecule has 3 heterocycles. The van der Waals surface area contributed by atoms with Crippen LogP contribution >= 0.6 is 11.8 Å². The number of benzene rings is 9. The van der Waals surface area contributed by atoms with Gasteiger partial charge in [-0.25, -0.2) is 9.97 Å². The fraction of sp³-hybridized carbons (Fsp3) is 0. The fourth-order valence-corrected chi connectivity index (χ4v) is 10.00. The van der Waals surface area contributed by atoms with Crippen LogP contribution in [-0.2, 0) is 0 Å². The molecule has 0 saturated carbocycles. The average Bonchev–Trinajstić information content (AvgIpc) is 3.66. The molecule has 0 N–H and O–H groups in total. The Morgan fingerprint density at radius 1 is 0.407 bits per heavy atom. The first kappa shape index (κ1) is 33.6. The van der Waals surface area contributed by atoms with Gasteiger partial charge in [0.2, 0.25) is 5.95 Å². The Balaban J connectivity index is 1.08. The summed E-state index contributed by atoms with van der Waals surface area (Å²) in [4.78, 5) is 15.6. The molecule has 0 amide bonds. The molecule has 0 aliphatic carbocycles. The van der Waals surface area contributed by atoms with Crippen LogP contribution in [0, 0.1) is 0 Å². The van der Waals surface area contributed by atoms with Crippen molar-refractivity contribution in [1.29, 1.82) is 0 Å². The monoisotopic (exact) mass is 770 g/mol. The first-order chi connectivity index (χ1) is 29.3. The quantitative estimate of drug-likeness (QED) is 0.175. The molecule has 276 valence electrons. The van der Waals surface area contributed by atoms with Crippen LogP contribution in [0.25, 0.3) is 82.9 Å². The first-order valence-electron chi connectivity index (χ1n) is 19.9. The molecule has 0 spiro atoms. The van der Waals surface area contributed by atoms with Crippen molar-refractivity contribution < 1.29 is 0 Å². The Morgan fingerprint density at radius 3 is 1.93 bits per heavy atom. The van der Waals surface area contributed by atoms with Crippen molar-refractivity contribution in [3.63, 3.8) is 0 Å². The minimum atomic E-state index is 0.648. The van der Waals surface area contributed by atoms with Gasteiger partial charge < -0.3 is 4.90 Å². The summed E-state index contributed by atoms with van der Waals surface area (Å²) in [6.07, 6.45) is 0. The van der Waals surface area contributed by atoms with Crippen molar-refractivity contribution in [3.05, 3.63) is 206 Å². The molecule has 12 rings (SSSR count). The molecule has 0 atom stereocenters. The number of aromatic nitrogens is 3. The van der Waals surface area contributed by atoms with E-state index < -0.39 is 0 Å². The highest BCUT2D eigenvalue weighted by molar-refractivity contribution is 7.99. The van der Waals surface area contributed by atoms with Crippen molar-refractivity contribution in [1.82, 2.24) is 14.5 Å². The Labute approximate surface area is 345 Å². The summed E-state index contributed by atoms with van der Waals surface area (Å²) < 4.78 is 2.27. The molecule has 2 aromatic heterocycles. The minimum absolute atomic E-state index is 0.648. The lowest BCUT2D eigenvalue weighted by molar-refractivity contribution is 1.01. The van der Waals surface area contributed by atoms with E-state index in [1.807, 2.05) is 11.8 Å². The van der Waals surface area contributed by atoms with Gasteiger partial charge >= 0.3 is 0 Å². The van der Waals surface area contributed by atoms with Crippen LogP contribution in [0.15, 0.2) is 216 Å². The van der Waals surface area contributed by atoms with Crippen molar-refractivity contribution in [2.75, 3.05) is 4.90 Å². The van der Waals surface area contributed by atoms with Crippen LogP contribution in [0.2, 0.25) is 0 Å². The molecular formula is C54H34N4S. The van der Waals surface area contributed by atoms with Gasteiger partial charge in [-0.2, -0.15) is 0 Å². The lowest BCUT2D eigenvalue weighted by Gasteiger charge is -2.33. The summed E-state index contributed by atoms with van der Waals surface area (Å²) >= 11 is 1.84. The fourth-order valence-electron chi connectivity index (χ4n) is 8.90. The smallest absolute Gasteiger partial charge is 0.235 e. The van der Waals surface area contributed by atoms with Gasteiger partial charge in [-0.15, -0.1) is 0 Å². The normalized spacial score (nSPS) is 12.3. The molecule has 5 heteroatoms. The van der Waals surface area contributed by atoms with Crippen LogP contribution in [-0.4, -0.2) is 14.5 Å². The van der Waals surface area contributed by atoms with Crippen molar-refractivity contribution in [2.45, 2.75) is 9.79 Å². The molecule has 0 saturated heterocycles. The number of hydrogen-bond acceptors (Lipinski definition) is 4. The van der Waals surface area contributed by atoms with E-state index in [1.54, 1.807) is 0 Å². The number of rotatable bonds is 5. The van der Waals surface area contributed by atoms with E-state index in [2.05, 4.69) is 216 Å². The van der Waals surface area contributed by atoms with E-state index in [4.69, 9.17) is 9.97 Å². The van der Waals surface area contributed by atoms with Crippen molar-refractivity contribution in [2.24, 2.45) is 0 Å². The predicted molar refractivity (Wildman–Crippen MR) is 246 cm³/mol. The Bertz CT molecular complexity index is 3410. The van der Waals surface area contributed by atoms with E-state index in [0.717, 1.165) is 38.9 Å². The van der Waals surface area contributed by atoms with E-state index in [1.165, 1.54) is 65.0 Å². The van der Waals surface area contributed by atoms with Crippen LogP contribution in [0.3, 0.4) is 0 Å². The van der Waals surface area contributed by atoms with Gasteiger partial charge in [-0.3, -0.25) is 4.57 Å². The zero-order valence-electron chi connectivity index (χ0n) is 31.8. The number of anilines is 3. The van der Waals surface area contributed by atoms with Crippen LogP contribution in [0.1, 0.15) is 0 Å². The van der Waals surface area contributed by atoms with Gasteiger partial charge in [0.1, 0.15) is 0 Å². The summed E-state index contributed by atoms with van der Waals surface area (Å²) in [5.41, 5.74) is 13.2. The van der Waals surface area contributed by atoms with Gasteiger partial charge in [-0.05, 0) is 87.6 Å². The maximum absolute atomic E-state index is 5.46. The third-order valence-electron chi connectivity index (χ3n) is 11.6. The number of fused-ring (bicyclic) bond motifs is 8. The summed E-state index contributed by atoms with van der Waals surface area (Å²) in [5.74, 6) is 0.648. The van der Waals surface area contributed by atoms with Gasteiger partial charge in [-0.1, -0.05) is 163 Å². The number of nitrogens with zero attached hydrogens (tertiary/aromatic N) is 4. The largest absolute Gasteiger partial charge is 0.308 e. The summed E-state index contributed by atoms with van der Waals surface area (Å²) in [7, 11) is 0. The van der Waals surface area contributed by atoms with Crippen molar-refractivity contribution >= 4 is 72.3 Å². The van der Waals surface area contributed by atoms with Gasteiger partial charge in [0, 0.05) is 37.2 Å². The number of hydrogen-bond donors (Lipinski definition) is 0. The van der Waals surface area contributed by atoms with E-state index in [0.29, 0.717) is 5.95 Å². The molecule has 1 aliphatic heterocycles. The summed E-state index contributed by atoms with van der Waals surface area (Å²) in [6, 6.07) is 73.8. The molecule has 0 bridgehead atoms. The highest BCUT2D eigenvalue weighted by Gasteiger charge is 2.26. The highest BCUT2D eigenvalue weighted by Crippen LogP contribution is 2.53. The third-order valence-corrected chi connectivity index (χ3v) is 12.7. The Morgan fingerprint density at radius 2 is 1.07 bits per heavy atom. The zero-order valence-corrected chi connectivity index (χ0v) is 32.6. The highest BCUT2D eigenvalue weighted by atomic mass is 32.2. The molecule has 4 nitrogen and oxygen atoms in total. The lowest BCUT2D eigenvalue weighted by atomic mass is 9.96. The predicted octanol–water partition coefficient (Wildman–Crippen LogP) is 14.8. The number of para-hydroxylation sites is 3. The van der Waals surface area contributed by atoms with Crippen molar-refractivity contribution in [3.8, 4) is 39.5 Å². The van der Waals surface area contributed by atoms with E-state index >= 15 is 0 Å². The van der Waals surface area contributed by atoms with Crippen LogP contribution in [0.5, 0.6) is 0 Å². The maximum atomic E-state index is 5.46. The van der Waals surface area contributed by atoms with Crippen LogP contribution < -0.4 is 4.90 Å². The molecule has 0 unspecified atom stereocenters.